The molecule has 110 valence electrons. The summed E-state index contributed by atoms with van der Waals surface area (Å²) in [5.74, 6) is 1.52. The fraction of sp³-hybridized carbons (Fsp3) is 0.250. The number of hydrogen-bond acceptors (Lipinski definition) is 3. The van der Waals surface area contributed by atoms with Gasteiger partial charge >= 0.3 is 0 Å². The molecule has 1 heterocycles. The first-order valence-corrected chi connectivity index (χ1v) is 7.81. The zero-order valence-electron chi connectivity index (χ0n) is 11.2. The van der Waals surface area contributed by atoms with Gasteiger partial charge in [0.1, 0.15) is 18.1 Å². The van der Waals surface area contributed by atoms with Gasteiger partial charge in [-0.1, -0.05) is 23.7 Å². The molecule has 0 unspecified atom stereocenters. The minimum atomic E-state index is -0.0705. The maximum absolute atomic E-state index is 9.39. The van der Waals surface area contributed by atoms with Crippen LogP contribution in [0.25, 0.3) is 0 Å². The average molecular weight is 370 g/mol. The average Bonchev–Trinajstić information content (AvgIpc) is 2.93. The summed E-state index contributed by atoms with van der Waals surface area (Å²) in [6.45, 7) is 0.955. The molecule has 3 rings (SSSR count). The first-order chi connectivity index (χ1) is 10.2. The monoisotopic (exact) mass is 368 g/mol. The highest BCUT2D eigenvalue weighted by Gasteiger charge is 2.18. The third-order valence-corrected chi connectivity index (χ3v) is 4.26. The van der Waals surface area contributed by atoms with E-state index in [-0.39, 0.29) is 6.61 Å². The van der Waals surface area contributed by atoms with E-state index in [0.717, 1.165) is 33.3 Å². The molecule has 5 heteroatoms. The van der Waals surface area contributed by atoms with Crippen molar-refractivity contribution in [2.24, 2.45) is 0 Å². The molecule has 0 aromatic heterocycles. The van der Waals surface area contributed by atoms with E-state index in [9.17, 15) is 5.11 Å². The van der Waals surface area contributed by atoms with E-state index >= 15 is 0 Å². The van der Waals surface area contributed by atoms with E-state index in [1.54, 1.807) is 0 Å². The van der Waals surface area contributed by atoms with Gasteiger partial charge in [0.05, 0.1) is 17.7 Å². The van der Waals surface area contributed by atoms with Gasteiger partial charge in [-0.25, -0.2) is 0 Å². The second-order valence-electron chi connectivity index (χ2n) is 4.83. The number of benzene rings is 2. The number of fused-ring (bicyclic) bond motifs is 1. The summed E-state index contributed by atoms with van der Waals surface area (Å²) in [4.78, 5) is 0. The summed E-state index contributed by atoms with van der Waals surface area (Å²) >= 11 is 9.58. The summed E-state index contributed by atoms with van der Waals surface area (Å²) in [5, 5.41) is 10.1. The largest absolute Gasteiger partial charge is 0.493 e. The molecular formula is C16H14BrClO3. The van der Waals surface area contributed by atoms with Crippen LogP contribution in [0, 0.1) is 0 Å². The zero-order valence-corrected chi connectivity index (χ0v) is 13.6. The van der Waals surface area contributed by atoms with Crippen LogP contribution >= 0.6 is 27.5 Å². The van der Waals surface area contributed by atoms with E-state index in [2.05, 4.69) is 15.9 Å². The lowest BCUT2D eigenvalue weighted by molar-refractivity contribution is 0.255. The molecule has 0 bridgehead atoms. The summed E-state index contributed by atoms with van der Waals surface area (Å²) in [7, 11) is 0. The van der Waals surface area contributed by atoms with Crippen molar-refractivity contribution in [1.29, 1.82) is 0 Å². The predicted molar refractivity (Wildman–Crippen MR) is 85.0 cm³/mol. The van der Waals surface area contributed by atoms with Crippen molar-refractivity contribution in [3.63, 3.8) is 0 Å². The number of rotatable bonds is 4. The quantitative estimate of drug-likeness (QED) is 0.881. The summed E-state index contributed by atoms with van der Waals surface area (Å²) in [6.07, 6.45) is 0.875. The third-order valence-electron chi connectivity index (χ3n) is 3.42. The van der Waals surface area contributed by atoms with Gasteiger partial charge in [-0.2, -0.15) is 0 Å². The number of hydrogen-bond donors (Lipinski definition) is 1. The van der Waals surface area contributed by atoms with Crippen LogP contribution in [0.2, 0.25) is 5.02 Å². The molecule has 0 amide bonds. The molecule has 0 saturated heterocycles. The number of aliphatic hydroxyl groups is 1. The predicted octanol–water partition coefficient (Wildman–Crippen LogP) is 4.11. The van der Waals surface area contributed by atoms with E-state index in [1.165, 1.54) is 0 Å². The van der Waals surface area contributed by atoms with Crippen molar-refractivity contribution in [3.8, 4) is 11.5 Å². The van der Waals surface area contributed by atoms with Crippen LogP contribution in [0.4, 0.5) is 0 Å². The van der Waals surface area contributed by atoms with E-state index in [1.807, 2.05) is 30.3 Å². The Bertz CT molecular complexity index is 673. The van der Waals surface area contributed by atoms with Crippen molar-refractivity contribution >= 4 is 27.5 Å². The summed E-state index contributed by atoms with van der Waals surface area (Å²) < 4.78 is 12.4. The maximum atomic E-state index is 9.39. The van der Waals surface area contributed by atoms with Gasteiger partial charge in [-0.3, -0.25) is 0 Å². The first kappa shape index (κ1) is 14.7. The Kier molecular flexibility index (Phi) is 4.38. The zero-order chi connectivity index (χ0) is 14.8. The lowest BCUT2D eigenvalue weighted by Gasteiger charge is -2.14. The fourth-order valence-electron chi connectivity index (χ4n) is 2.44. The highest BCUT2D eigenvalue weighted by Crippen LogP contribution is 2.35. The van der Waals surface area contributed by atoms with Crippen LogP contribution < -0.4 is 9.47 Å². The van der Waals surface area contributed by atoms with Crippen LogP contribution in [-0.4, -0.2) is 11.7 Å². The minimum Gasteiger partial charge on any atom is -0.493 e. The van der Waals surface area contributed by atoms with Gasteiger partial charge in [0.15, 0.2) is 0 Å². The smallest absolute Gasteiger partial charge is 0.139 e. The molecule has 3 nitrogen and oxygen atoms in total. The minimum absolute atomic E-state index is 0.0705. The molecule has 0 spiro atoms. The number of aliphatic hydroxyl groups excluding tert-OH is 1. The molecular weight excluding hydrogens is 356 g/mol. The molecule has 1 aliphatic rings. The Morgan fingerprint density at radius 1 is 1.29 bits per heavy atom. The molecule has 2 aromatic carbocycles. The normalized spacial score (nSPS) is 12.9. The second-order valence-corrected chi connectivity index (χ2v) is 6.12. The molecule has 0 saturated carbocycles. The standard InChI is InChI=1S/C16H14BrClO3/c17-14-3-1-2-11(8-19)16(14)21-9-12-7-13(18)6-10-4-5-20-15(10)12/h1-3,6-7,19H,4-5,8-9H2. The van der Waals surface area contributed by atoms with Gasteiger partial charge in [0.2, 0.25) is 0 Å². The van der Waals surface area contributed by atoms with E-state index in [4.69, 9.17) is 21.1 Å². The molecule has 21 heavy (non-hydrogen) atoms. The summed E-state index contributed by atoms with van der Waals surface area (Å²) in [5.41, 5.74) is 2.79. The SMILES string of the molecule is OCc1cccc(Br)c1OCc1cc(Cl)cc2c1OCC2. The van der Waals surface area contributed by atoms with Gasteiger partial charge < -0.3 is 14.6 Å². The van der Waals surface area contributed by atoms with E-state index < -0.39 is 0 Å². The van der Waals surface area contributed by atoms with Crippen molar-refractivity contribution < 1.29 is 14.6 Å². The maximum Gasteiger partial charge on any atom is 0.139 e. The van der Waals surface area contributed by atoms with Crippen molar-refractivity contribution in [2.75, 3.05) is 6.61 Å². The molecule has 1 aliphatic heterocycles. The van der Waals surface area contributed by atoms with Gasteiger partial charge in [0.25, 0.3) is 0 Å². The number of halogens is 2. The highest BCUT2D eigenvalue weighted by atomic mass is 79.9. The summed E-state index contributed by atoms with van der Waals surface area (Å²) in [6, 6.07) is 9.38. The Morgan fingerprint density at radius 3 is 2.95 bits per heavy atom. The molecule has 2 aromatic rings. The second kappa shape index (κ2) is 6.26. The fourth-order valence-corrected chi connectivity index (χ4v) is 3.23. The molecule has 0 fully saturated rings. The van der Waals surface area contributed by atoms with Crippen LogP contribution in [0.1, 0.15) is 16.7 Å². The van der Waals surface area contributed by atoms with Gasteiger partial charge in [-0.15, -0.1) is 0 Å². The van der Waals surface area contributed by atoms with Gasteiger partial charge in [0, 0.05) is 22.6 Å². The molecule has 0 radical (unpaired) electrons. The molecule has 0 atom stereocenters. The Morgan fingerprint density at radius 2 is 2.14 bits per heavy atom. The van der Waals surface area contributed by atoms with Crippen molar-refractivity contribution in [3.05, 3.63) is 56.5 Å². The first-order valence-electron chi connectivity index (χ1n) is 6.64. The van der Waals surface area contributed by atoms with Crippen molar-refractivity contribution in [1.82, 2.24) is 0 Å². The van der Waals surface area contributed by atoms with Crippen LogP contribution in [0.15, 0.2) is 34.8 Å². The van der Waals surface area contributed by atoms with Crippen molar-refractivity contribution in [2.45, 2.75) is 19.6 Å². The molecule has 0 aliphatic carbocycles. The number of ether oxygens (including phenoxy) is 2. The third kappa shape index (κ3) is 3.03. The highest BCUT2D eigenvalue weighted by molar-refractivity contribution is 9.10. The van der Waals surface area contributed by atoms with Gasteiger partial charge in [-0.05, 0) is 39.7 Å². The van der Waals surface area contributed by atoms with Crippen LogP contribution in [0.5, 0.6) is 11.5 Å². The Labute approximate surface area is 136 Å². The Balaban J connectivity index is 1.86. The Hall–Kier alpha value is -1.23. The van der Waals surface area contributed by atoms with Crippen LogP contribution in [-0.2, 0) is 19.6 Å². The number of para-hydroxylation sites is 1. The lowest BCUT2D eigenvalue weighted by atomic mass is 10.1. The van der Waals surface area contributed by atoms with Crippen LogP contribution in [0.3, 0.4) is 0 Å². The lowest BCUT2D eigenvalue weighted by Crippen LogP contribution is -2.01. The van der Waals surface area contributed by atoms with E-state index in [0.29, 0.717) is 24.0 Å². The topological polar surface area (TPSA) is 38.7 Å². The molecule has 1 N–H and O–H groups in total.